The maximum Gasteiger partial charge on any atom is 0.244 e. The molecule has 1 atom stereocenters. The first kappa shape index (κ1) is 18.5. The predicted octanol–water partition coefficient (Wildman–Crippen LogP) is 2.05. The number of nitrogens with one attached hydrogen (secondary N) is 1. The van der Waals surface area contributed by atoms with E-state index >= 15 is 0 Å². The summed E-state index contributed by atoms with van der Waals surface area (Å²) in [4.78, 5) is 26.4. The van der Waals surface area contributed by atoms with Gasteiger partial charge in [-0.05, 0) is 43.0 Å². The minimum atomic E-state index is -0.136. The van der Waals surface area contributed by atoms with Gasteiger partial charge in [0.15, 0.2) is 0 Å². The second-order valence-electron chi connectivity index (χ2n) is 6.71. The molecule has 1 aromatic heterocycles. The normalized spacial score (nSPS) is 16.7. The largest absolute Gasteiger partial charge is 0.355 e. The molecule has 6 nitrogen and oxygen atoms in total. The first-order valence-electron chi connectivity index (χ1n) is 8.80. The molecule has 2 aromatic rings. The van der Waals surface area contributed by atoms with Gasteiger partial charge in [-0.3, -0.25) is 14.3 Å². The number of aromatic nitrogens is 2. The van der Waals surface area contributed by atoms with Gasteiger partial charge in [-0.25, -0.2) is 0 Å². The average molecular weight is 375 g/mol. The summed E-state index contributed by atoms with van der Waals surface area (Å²) in [5.74, 6) is -0.114. The van der Waals surface area contributed by atoms with Gasteiger partial charge in [-0.1, -0.05) is 23.7 Å². The van der Waals surface area contributed by atoms with Crippen LogP contribution in [0.1, 0.15) is 17.5 Å². The lowest BCUT2D eigenvalue weighted by Gasteiger charge is -2.16. The van der Waals surface area contributed by atoms with E-state index in [1.165, 1.54) is 0 Å². The van der Waals surface area contributed by atoms with E-state index in [-0.39, 0.29) is 24.3 Å². The summed E-state index contributed by atoms with van der Waals surface area (Å²) >= 11 is 5.87. The van der Waals surface area contributed by atoms with E-state index in [1.807, 2.05) is 37.4 Å². The summed E-state index contributed by atoms with van der Waals surface area (Å²) in [5.41, 5.74) is 2.16. The van der Waals surface area contributed by atoms with Crippen LogP contribution in [0.4, 0.5) is 0 Å². The van der Waals surface area contributed by atoms with E-state index in [0.29, 0.717) is 31.1 Å². The second kappa shape index (κ2) is 8.36. The number of halogens is 1. The van der Waals surface area contributed by atoms with Crippen molar-refractivity contribution in [3.05, 3.63) is 52.8 Å². The summed E-state index contributed by atoms with van der Waals surface area (Å²) in [7, 11) is 0. The molecule has 1 unspecified atom stereocenters. The fraction of sp³-hybridized carbons (Fsp3) is 0.421. The van der Waals surface area contributed by atoms with E-state index in [2.05, 4.69) is 10.4 Å². The van der Waals surface area contributed by atoms with Crippen LogP contribution in [0, 0.1) is 12.8 Å². The molecule has 0 saturated carbocycles. The van der Waals surface area contributed by atoms with E-state index in [0.717, 1.165) is 17.5 Å². The molecule has 2 heterocycles. The van der Waals surface area contributed by atoms with Crippen molar-refractivity contribution in [1.29, 1.82) is 0 Å². The van der Waals surface area contributed by atoms with Crippen LogP contribution >= 0.6 is 11.6 Å². The van der Waals surface area contributed by atoms with Crippen LogP contribution in [0.3, 0.4) is 0 Å². The number of aryl methyl sites for hydroxylation is 1. The smallest absolute Gasteiger partial charge is 0.244 e. The van der Waals surface area contributed by atoms with Crippen molar-refractivity contribution in [3.8, 4) is 0 Å². The van der Waals surface area contributed by atoms with Crippen LogP contribution in [-0.4, -0.2) is 46.1 Å². The van der Waals surface area contributed by atoms with Gasteiger partial charge in [0.05, 0.1) is 12.1 Å². The quantitative estimate of drug-likeness (QED) is 0.841. The number of benzene rings is 1. The molecule has 26 heavy (non-hydrogen) atoms. The van der Waals surface area contributed by atoms with Crippen molar-refractivity contribution in [3.63, 3.8) is 0 Å². The molecular weight excluding hydrogens is 352 g/mol. The Labute approximate surface area is 158 Å². The first-order valence-corrected chi connectivity index (χ1v) is 9.18. The van der Waals surface area contributed by atoms with Gasteiger partial charge < -0.3 is 10.2 Å². The number of carbonyl (C=O) groups excluding carboxylic acids is 2. The summed E-state index contributed by atoms with van der Waals surface area (Å²) in [6.07, 6.45) is 5.04. The number of nitrogens with zero attached hydrogens (tertiary/aromatic N) is 3. The molecule has 1 aliphatic heterocycles. The third-order valence-electron chi connectivity index (χ3n) is 4.60. The maximum atomic E-state index is 12.3. The second-order valence-corrected chi connectivity index (χ2v) is 7.14. The molecule has 138 valence electrons. The molecule has 0 bridgehead atoms. The highest BCUT2D eigenvalue weighted by Crippen LogP contribution is 2.17. The van der Waals surface area contributed by atoms with Crippen molar-refractivity contribution >= 4 is 23.4 Å². The van der Waals surface area contributed by atoms with Crippen molar-refractivity contribution < 1.29 is 9.59 Å². The van der Waals surface area contributed by atoms with Gasteiger partial charge in [0.25, 0.3) is 0 Å². The van der Waals surface area contributed by atoms with Crippen molar-refractivity contribution in [2.24, 2.45) is 5.92 Å². The van der Waals surface area contributed by atoms with E-state index in [1.54, 1.807) is 15.8 Å². The molecule has 1 saturated heterocycles. The van der Waals surface area contributed by atoms with Gasteiger partial charge >= 0.3 is 0 Å². The molecule has 0 radical (unpaired) electrons. The molecule has 3 rings (SSSR count). The average Bonchev–Trinajstić information content (AvgIpc) is 3.26. The SMILES string of the molecule is Cc1cnn(CC(=O)N2CCC(C(=O)NCCc3ccc(Cl)cc3)C2)c1. The van der Waals surface area contributed by atoms with Crippen molar-refractivity contribution in [2.45, 2.75) is 26.3 Å². The lowest BCUT2D eigenvalue weighted by Crippen LogP contribution is -2.36. The summed E-state index contributed by atoms with van der Waals surface area (Å²) < 4.78 is 1.64. The molecule has 1 aromatic carbocycles. The van der Waals surface area contributed by atoms with Crippen LogP contribution in [0.15, 0.2) is 36.7 Å². The van der Waals surface area contributed by atoms with Crippen molar-refractivity contribution in [2.75, 3.05) is 19.6 Å². The van der Waals surface area contributed by atoms with E-state index in [4.69, 9.17) is 11.6 Å². The highest BCUT2D eigenvalue weighted by Gasteiger charge is 2.30. The Morgan fingerprint density at radius 3 is 2.77 bits per heavy atom. The van der Waals surface area contributed by atoms with Crippen LogP contribution in [-0.2, 0) is 22.6 Å². The minimum absolute atomic E-state index is 0.00423. The predicted molar refractivity (Wildman–Crippen MR) is 99.8 cm³/mol. The van der Waals surface area contributed by atoms with Gasteiger partial charge in [0.1, 0.15) is 6.54 Å². The molecule has 1 aliphatic rings. The molecule has 1 N–H and O–H groups in total. The van der Waals surface area contributed by atoms with E-state index in [9.17, 15) is 9.59 Å². The summed E-state index contributed by atoms with van der Waals surface area (Å²) in [6.45, 7) is 3.84. The number of carbonyl (C=O) groups is 2. The number of hydrogen-bond acceptors (Lipinski definition) is 3. The zero-order valence-corrected chi connectivity index (χ0v) is 15.6. The maximum absolute atomic E-state index is 12.3. The number of likely N-dealkylation sites (tertiary alicyclic amines) is 1. The van der Waals surface area contributed by atoms with E-state index < -0.39 is 0 Å². The van der Waals surface area contributed by atoms with Crippen LogP contribution in [0.25, 0.3) is 0 Å². The Balaban J connectivity index is 1.41. The third kappa shape index (κ3) is 4.85. The lowest BCUT2D eigenvalue weighted by atomic mass is 10.1. The highest BCUT2D eigenvalue weighted by atomic mass is 35.5. The van der Waals surface area contributed by atoms with Gasteiger partial charge in [0.2, 0.25) is 11.8 Å². The molecular formula is C19H23ClN4O2. The third-order valence-corrected chi connectivity index (χ3v) is 4.85. The fourth-order valence-corrected chi connectivity index (χ4v) is 3.24. The minimum Gasteiger partial charge on any atom is -0.355 e. The Morgan fingerprint density at radius 1 is 1.31 bits per heavy atom. The molecule has 0 spiro atoms. The zero-order valence-electron chi connectivity index (χ0n) is 14.8. The summed E-state index contributed by atoms with van der Waals surface area (Å²) in [6, 6.07) is 7.61. The standard InChI is InChI=1S/C19H23ClN4O2/c1-14-10-22-24(11-14)13-18(25)23-9-7-16(12-23)19(26)21-8-6-15-2-4-17(20)5-3-15/h2-5,10-11,16H,6-9,12-13H2,1H3,(H,21,26). The Bertz CT molecular complexity index is 772. The van der Waals surface area contributed by atoms with Gasteiger partial charge in [0, 0.05) is 30.9 Å². The molecule has 1 fully saturated rings. The molecule has 7 heteroatoms. The lowest BCUT2D eigenvalue weighted by molar-refractivity contribution is -0.131. The Kier molecular flexibility index (Phi) is 5.93. The molecule has 2 amide bonds. The van der Waals surface area contributed by atoms with Crippen molar-refractivity contribution in [1.82, 2.24) is 20.0 Å². The zero-order chi connectivity index (χ0) is 18.5. The monoisotopic (exact) mass is 374 g/mol. The topological polar surface area (TPSA) is 67.2 Å². The highest BCUT2D eigenvalue weighted by molar-refractivity contribution is 6.30. The number of rotatable bonds is 6. The Hall–Kier alpha value is -2.34. The van der Waals surface area contributed by atoms with Gasteiger partial charge in [-0.15, -0.1) is 0 Å². The fourth-order valence-electron chi connectivity index (χ4n) is 3.12. The van der Waals surface area contributed by atoms with Gasteiger partial charge in [-0.2, -0.15) is 5.10 Å². The number of hydrogen-bond donors (Lipinski definition) is 1. The van der Waals surface area contributed by atoms with Crippen LogP contribution < -0.4 is 5.32 Å². The molecule has 0 aliphatic carbocycles. The Morgan fingerprint density at radius 2 is 2.08 bits per heavy atom. The summed E-state index contributed by atoms with van der Waals surface area (Å²) in [5, 5.41) is 7.82. The first-order chi connectivity index (χ1) is 12.5. The van der Waals surface area contributed by atoms with Crippen LogP contribution in [0.5, 0.6) is 0 Å². The van der Waals surface area contributed by atoms with Crippen LogP contribution in [0.2, 0.25) is 5.02 Å². The number of amides is 2.